The summed E-state index contributed by atoms with van der Waals surface area (Å²) < 4.78 is 5.94. The molecule has 1 aliphatic carbocycles. The Hall–Kier alpha value is -1.25. The van der Waals surface area contributed by atoms with Crippen molar-refractivity contribution < 1.29 is 4.74 Å². The van der Waals surface area contributed by atoms with Crippen LogP contribution in [0.4, 0.5) is 5.69 Å². The van der Waals surface area contributed by atoms with Crippen molar-refractivity contribution in [3.05, 3.63) is 17.8 Å². The van der Waals surface area contributed by atoms with Crippen molar-refractivity contribution in [2.45, 2.75) is 45.6 Å². The number of rotatable bonds is 2. The van der Waals surface area contributed by atoms with E-state index in [9.17, 15) is 0 Å². The number of nitrogens with two attached hydrogens (primary N) is 1. The molecule has 2 unspecified atom stereocenters. The lowest BCUT2D eigenvalue weighted by atomic mass is 9.89. The van der Waals surface area contributed by atoms with Gasteiger partial charge in [-0.25, -0.2) is 4.98 Å². The van der Waals surface area contributed by atoms with Crippen LogP contribution in [0.1, 0.15) is 38.2 Å². The number of anilines is 1. The molecule has 3 heteroatoms. The molecule has 2 atom stereocenters. The number of hydrogen-bond acceptors (Lipinski definition) is 3. The molecule has 1 heterocycles. The first-order valence-electron chi connectivity index (χ1n) is 6.04. The van der Waals surface area contributed by atoms with Gasteiger partial charge in [-0.2, -0.15) is 0 Å². The molecule has 1 aromatic heterocycles. The summed E-state index contributed by atoms with van der Waals surface area (Å²) in [6.45, 7) is 4.28. The summed E-state index contributed by atoms with van der Waals surface area (Å²) in [4.78, 5) is 4.25. The highest BCUT2D eigenvalue weighted by molar-refractivity contribution is 5.41. The van der Waals surface area contributed by atoms with Crippen molar-refractivity contribution in [2.24, 2.45) is 5.92 Å². The molecule has 0 saturated heterocycles. The fraction of sp³-hybridized carbons (Fsp3) is 0.615. The predicted molar refractivity (Wildman–Crippen MR) is 65.4 cm³/mol. The van der Waals surface area contributed by atoms with E-state index in [0.717, 1.165) is 30.2 Å². The van der Waals surface area contributed by atoms with Gasteiger partial charge < -0.3 is 10.5 Å². The molecule has 0 spiro atoms. The summed E-state index contributed by atoms with van der Waals surface area (Å²) in [6.07, 6.45) is 6.88. The van der Waals surface area contributed by atoms with Crippen LogP contribution in [0.2, 0.25) is 0 Å². The Morgan fingerprint density at radius 3 is 2.94 bits per heavy atom. The largest absolute Gasteiger partial charge is 0.474 e. The van der Waals surface area contributed by atoms with Crippen LogP contribution >= 0.6 is 0 Å². The van der Waals surface area contributed by atoms with Crippen molar-refractivity contribution in [3.63, 3.8) is 0 Å². The highest BCUT2D eigenvalue weighted by Gasteiger charge is 2.21. The van der Waals surface area contributed by atoms with Crippen molar-refractivity contribution >= 4 is 5.69 Å². The minimum atomic E-state index is 0.332. The smallest absolute Gasteiger partial charge is 0.216 e. The van der Waals surface area contributed by atoms with Gasteiger partial charge in [0.1, 0.15) is 6.10 Å². The SMILES string of the molecule is Cc1cc(N)cnc1OC1CCCC(C)C1. The third-order valence-corrected chi connectivity index (χ3v) is 3.22. The number of hydrogen-bond donors (Lipinski definition) is 1. The summed E-state index contributed by atoms with van der Waals surface area (Å²) >= 11 is 0. The Labute approximate surface area is 97.0 Å². The van der Waals surface area contributed by atoms with Crippen LogP contribution < -0.4 is 10.5 Å². The van der Waals surface area contributed by atoms with E-state index in [-0.39, 0.29) is 0 Å². The van der Waals surface area contributed by atoms with Gasteiger partial charge in [0.05, 0.1) is 11.9 Å². The first-order chi connectivity index (χ1) is 7.65. The van der Waals surface area contributed by atoms with Crippen LogP contribution in [-0.2, 0) is 0 Å². The fourth-order valence-electron chi connectivity index (χ4n) is 2.35. The Balaban J connectivity index is 2.02. The molecule has 0 aromatic carbocycles. The molecular weight excluding hydrogens is 200 g/mol. The zero-order chi connectivity index (χ0) is 11.5. The maximum atomic E-state index is 5.94. The van der Waals surface area contributed by atoms with Crippen LogP contribution in [0, 0.1) is 12.8 Å². The quantitative estimate of drug-likeness (QED) is 0.833. The maximum Gasteiger partial charge on any atom is 0.216 e. The highest BCUT2D eigenvalue weighted by atomic mass is 16.5. The van der Waals surface area contributed by atoms with Crippen molar-refractivity contribution in [1.82, 2.24) is 4.98 Å². The van der Waals surface area contributed by atoms with Gasteiger partial charge in [-0.3, -0.25) is 0 Å². The summed E-state index contributed by atoms with van der Waals surface area (Å²) in [5.74, 6) is 1.51. The van der Waals surface area contributed by atoms with E-state index < -0.39 is 0 Å². The number of nitrogens with zero attached hydrogens (tertiary/aromatic N) is 1. The normalized spacial score (nSPS) is 25.4. The van der Waals surface area contributed by atoms with Gasteiger partial charge in [0.15, 0.2) is 0 Å². The van der Waals surface area contributed by atoms with Crippen molar-refractivity contribution in [3.8, 4) is 5.88 Å². The molecule has 1 aliphatic rings. The molecule has 0 aliphatic heterocycles. The van der Waals surface area contributed by atoms with Gasteiger partial charge >= 0.3 is 0 Å². The Bertz CT molecular complexity index is 365. The number of nitrogen functional groups attached to an aromatic ring is 1. The lowest BCUT2D eigenvalue weighted by Gasteiger charge is -2.27. The summed E-state index contributed by atoms with van der Waals surface area (Å²) in [5.41, 5.74) is 7.39. The topological polar surface area (TPSA) is 48.1 Å². The molecular formula is C13H20N2O. The molecule has 0 amide bonds. The first-order valence-corrected chi connectivity index (χ1v) is 6.04. The molecule has 16 heavy (non-hydrogen) atoms. The molecule has 0 radical (unpaired) electrons. The third kappa shape index (κ3) is 2.65. The molecule has 2 rings (SSSR count). The number of pyridine rings is 1. The monoisotopic (exact) mass is 220 g/mol. The van der Waals surface area contributed by atoms with Gasteiger partial charge in [-0.1, -0.05) is 13.3 Å². The van der Waals surface area contributed by atoms with Gasteiger partial charge in [0.25, 0.3) is 0 Å². The first kappa shape index (κ1) is 11.2. The van der Waals surface area contributed by atoms with Crippen LogP contribution in [0.5, 0.6) is 5.88 Å². The summed E-state index contributed by atoms with van der Waals surface area (Å²) in [7, 11) is 0. The lowest BCUT2D eigenvalue weighted by Crippen LogP contribution is -2.24. The zero-order valence-electron chi connectivity index (χ0n) is 10.1. The second-order valence-electron chi connectivity index (χ2n) is 4.90. The zero-order valence-corrected chi connectivity index (χ0v) is 10.1. The van der Waals surface area contributed by atoms with Crippen molar-refractivity contribution in [1.29, 1.82) is 0 Å². The Morgan fingerprint density at radius 2 is 2.25 bits per heavy atom. The average molecular weight is 220 g/mol. The van der Waals surface area contributed by atoms with Crippen LogP contribution in [0.25, 0.3) is 0 Å². The number of ether oxygens (including phenoxy) is 1. The highest BCUT2D eigenvalue weighted by Crippen LogP contribution is 2.28. The van der Waals surface area contributed by atoms with E-state index in [2.05, 4.69) is 11.9 Å². The molecule has 3 nitrogen and oxygen atoms in total. The molecule has 0 bridgehead atoms. The minimum Gasteiger partial charge on any atom is -0.474 e. The standard InChI is InChI=1S/C13H20N2O/c1-9-4-3-5-12(6-9)16-13-10(2)7-11(14)8-15-13/h7-9,12H,3-6,14H2,1-2H3. The van der Waals surface area contributed by atoms with E-state index in [0.29, 0.717) is 11.8 Å². The van der Waals surface area contributed by atoms with Gasteiger partial charge in [0.2, 0.25) is 5.88 Å². The lowest BCUT2D eigenvalue weighted by molar-refractivity contribution is 0.123. The van der Waals surface area contributed by atoms with E-state index in [1.165, 1.54) is 12.8 Å². The van der Waals surface area contributed by atoms with E-state index in [1.54, 1.807) is 6.20 Å². The molecule has 1 fully saturated rings. The average Bonchev–Trinajstić information content (AvgIpc) is 2.22. The third-order valence-electron chi connectivity index (χ3n) is 3.22. The van der Waals surface area contributed by atoms with Crippen molar-refractivity contribution in [2.75, 3.05) is 5.73 Å². The molecule has 1 aromatic rings. The Morgan fingerprint density at radius 1 is 1.44 bits per heavy atom. The van der Waals surface area contributed by atoms with Gasteiger partial charge in [0, 0.05) is 5.56 Å². The second kappa shape index (κ2) is 4.73. The summed E-state index contributed by atoms with van der Waals surface area (Å²) in [5, 5.41) is 0. The fourth-order valence-corrected chi connectivity index (χ4v) is 2.35. The maximum absolute atomic E-state index is 5.94. The minimum absolute atomic E-state index is 0.332. The van der Waals surface area contributed by atoms with Crippen LogP contribution in [0.15, 0.2) is 12.3 Å². The Kier molecular flexibility index (Phi) is 3.32. The van der Waals surface area contributed by atoms with Gasteiger partial charge in [-0.05, 0) is 38.2 Å². The van der Waals surface area contributed by atoms with E-state index >= 15 is 0 Å². The molecule has 1 saturated carbocycles. The second-order valence-corrected chi connectivity index (χ2v) is 4.90. The summed E-state index contributed by atoms with van der Waals surface area (Å²) in [6, 6.07) is 1.91. The van der Waals surface area contributed by atoms with Gasteiger partial charge in [-0.15, -0.1) is 0 Å². The molecule has 88 valence electrons. The van der Waals surface area contributed by atoms with Crippen LogP contribution in [0.3, 0.4) is 0 Å². The number of aromatic nitrogens is 1. The van der Waals surface area contributed by atoms with Crippen LogP contribution in [-0.4, -0.2) is 11.1 Å². The van der Waals surface area contributed by atoms with E-state index in [4.69, 9.17) is 10.5 Å². The molecule has 2 N–H and O–H groups in total. The van der Waals surface area contributed by atoms with E-state index in [1.807, 2.05) is 13.0 Å². The number of aryl methyl sites for hydroxylation is 1. The predicted octanol–water partition coefficient (Wildman–Crippen LogP) is 2.93.